The Labute approximate surface area is 174 Å². The van der Waals surface area contributed by atoms with Gasteiger partial charge in [-0.2, -0.15) is 0 Å². The molecule has 168 valence electrons. The number of hydrogen-bond acceptors (Lipinski definition) is 3. The van der Waals surface area contributed by atoms with Crippen molar-refractivity contribution in [3.8, 4) is 0 Å². The molecule has 0 rings (SSSR count). The zero-order valence-electron chi connectivity index (χ0n) is 18.9. The van der Waals surface area contributed by atoms with E-state index in [2.05, 4.69) is 19.1 Å². The van der Waals surface area contributed by atoms with Gasteiger partial charge in [0.2, 0.25) is 0 Å². The lowest BCUT2D eigenvalue weighted by molar-refractivity contribution is -0.873. The summed E-state index contributed by atoms with van der Waals surface area (Å²) in [7, 11) is 1.31. The molecule has 2 atom stereocenters. The van der Waals surface area contributed by atoms with E-state index in [0.29, 0.717) is 17.4 Å². The molecule has 0 radical (unpaired) electrons. The Morgan fingerprint density at radius 3 is 1.82 bits per heavy atom. The first kappa shape index (κ1) is 27.8. The minimum Gasteiger partial charge on any atom is -0.756 e. The van der Waals surface area contributed by atoms with Crippen molar-refractivity contribution in [2.24, 2.45) is 0 Å². The summed E-state index contributed by atoms with van der Waals surface area (Å²) in [6, 6.07) is 0. The van der Waals surface area contributed by atoms with Crippen molar-refractivity contribution in [2.45, 2.75) is 103 Å². The molecule has 1 N–H and O–H groups in total. The van der Waals surface area contributed by atoms with E-state index < -0.39 is 13.9 Å². The average Bonchev–Trinajstić information content (AvgIpc) is 2.55. The summed E-state index contributed by atoms with van der Waals surface area (Å²) in [5.74, 6) is 0. The van der Waals surface area contributed by atoms with Crippen LogP contribution >= 0.6 is 7.82 Å². The van der Waals surface area contributed by atoms with Gasteiger partial charge in [-0.15, -0.1) is 0 Å². The Kier molecular flexibility index (Phi) is 16.5. The van der Waals surface area contributed by atoms with Crippen molar-refractivity contribution < 1.29 is 23.4 Å². The topological polar surface area (TPSA) is 69.6 Å². The predicted molar refractivity (Wildman–Crippen MR) is 117 cm³/mol. The molecule has 0 aliphatic heterocycles. The van der Waals surface area contributed by atoms with Crippen LogP contribution in [0.4, 0.5) is 0 Å². The van der Waals surface area contributed by atoms with Gasteiger partial charge in [0, 0.05) is 0 Å². The summed E-state index contributed by atoms with van der Waals surface area (Å²) in [5, 5.41) is 0. The second-order valence-corrected chi connectivity index (χ2v) is 10.2. The third kappa shape index (κ3) is 22.1. The molecule has 0 fully saturated rings. The van der Waals surface area contributed by atoms with Crippen LogP contribution < -0.4 is 4.89 Å². The number of rotatable bonds is 19. The number of hydrogen-bond donors (Lipinski definition) is 1. The van der Waals surface area contributed by atoms with Gasteiger partial charge in [-0.25, -0.2) is 0 Å². The lowest BCUT2D eigenvalue weighted by Crippen LogP contribution is -2.42. The molecule has 0 spiro atoms. The molecular weight excluding hydrogens is 373 g/mol. The summed E-state index contributed by atoms with van der Waals surface area (Å²) in [4.78, 5) is 20.0. The standard InChI is InChI=1S/C22H46NO4P/c1-5-6-7-8-9-10-11-12-13-14-15-16-17-18-19-20-22(21-23(2,3)4)27-28(24,25)26/h10-11,22H,5-9,12-21H2,1-4H3,(H-,24,25,26)/b11-10-. The fraction of sp³-hybridized carbons (Fsp3) is 0.909. The molecule has 6 heteroatoms. The molecule has 0 aromatic rings. The van der Waals surface area contributed by atoms with Gasteiger partial charge in [0.05, 0.1) is 21.1 Å². The largest absolute Gasteiger partial charge is 0.756 e. The molecule has 2 unspecified atom stereocenters. The van der Waals surface area contributed by atoms with Crippen LogP contribution in [0.2, 0.25) is 0 Å². The van der Waals surface area contributed by atoms with Crippen LogP contribution in [0.3, 0.4) is 0 Å². The van der Waals surface area contributed by atoms with Crippen molar-refractivity contribution in [1.29, 1.82) is 0 Å². The monoisotopic (exact) mass is 419 g/mol. The molecule has 0 saturated heterocycles. The summed E-state index contributed by atoms with van der Waals surface area (Å²) in [6.07, 6.45) is 21.0. The Bertz CT molecular complexity index is 429. The summed E-state index contributed by atoms with van der Waals surface area (Å²) >= 11 is 0. The van der Waals surface area contributed by atoms with Crippen molar-refractivity contribution in [2.75, 3.05) is 27.7 Å². The first-order valence-corrected chi connectivity index (χ1v) is 12.8. The highest BCUT2D eigenvalue weighted by atomic mass is 31.2. The number of quaternary nitrogens is 1. The fourth-order valence-electron chi connectivity index (χ4n) is 3.42. The summed E-state index contributed by atoms with van der Waals surface area (Å²) in [6.45, 7) is 2.82. The van der Waals surface area contributed by atoms with E-state index in [9.17, 15) is 9.46 Å². The summed E-state index contributed by atoms with van der Waals surface area (Å²) < 4.78 is 16.5. The molecule has 0 bridgehead atoms. The van der Waals surface area contributed by atoms with Gasteiger partial charge in [0.25, 0.3) is 7.82 Å². The van der Waals surface area contributed by atoms with E-state index in [1.54, 1.807) is 0 Å². The maximum Gasteiger partial charge on any atom is 0.265 e. The van der Waals surface area contributed by atoms with Crippen molar-refractivity contribution in [3.05, 3.63) is 12.2 Å². The van der Waals surface area contributed by atoms with Crippen LogP contribution in [0.1, 0.15) is 96.8 Å². The predicted octanol–water partition coefficient (Wildman–Crippen LogP) is 5.58. The van der Waals surface area contributed by atoms with Crippen molar-refractivity contribution in [3.63, 3.8) is 0 Å². The highest BCUT2D eigenvalue weighted by Crippen LogP contribution is 2.34. The van der Waals surface area contributed by atoms with Crippen molar-refractivity contribution in [1.82, 2.24) is 0 Å². The van der Waals surface area contributed by atoms with E-state index in [1.807, 2.05) is 21.1 Å². The van der Waals surface area contributed by atoms with Gasteiger partial charge in [0.15, 0.2) is 0 Å². The first-order valence-electron chi connectivity index (χ1n) is 11.3. The fourth-order valence-corrected chi connectivity index (χ4v) is 3.97. The lowest BCUT2D eigenvalue weighted by Gasteiger charge is -2.31. The van der Waals surface area contributed by atoms with Gasteiger partial charge in [-0.1, -0.05) is 76.9 Å². The maximum atomic E-state index is 11.0. The Hall–Kier alpha value is -0.190. The maximum absolute atomic E-state index is 11.0. The highest BCUT2D eigenvalue weighted by molar-refractivity contribution is 7.44. The smallest absolute Gasteiger partial charge is 0.265 e. The van der Waals surface area contributed by atoms with E-state index in [-0.39, 0.29) is 0 Å². The molecule has 0 aliphatic rings. The van der Waals surface area contributed by atoms with Gasteiger partial charge in [-0.3, -0.25) is 4.57 Å². The lowest BCUT2D eigenvalue weighted by atomic mass is 10.0. The van der Waals surface area contributed by atoms with Crippen LogP contribution in [0, 0.1) is 0 Å². The van der Waals surface area contributed by atoms with Crippen LogP contribution in [0.25, 0.3) is 0 Å². The molecule has 0 aromatic carbocycles. The van der Waals surface area contributed by atoms with E-state index >= 15 is 0 Å². The third-order valence-corrected chi connectivity index (χ3v) is 5.39. The number of allylic oxidation sites excluding steroid dienone is 2. The number of nitrogens with zero attached hydrogens (tertiary/aromatic N) is 1. The van der Waals surface area contributed by atoms with Crippen LogP contribution in [-0.2, 0) is 9.09 Å². The molecule has 0 heterocycles. The first-order chi connectivity index (χ1) is 13.1. The molecule has 5 nitrogen and oxygen atoms in total. The van der Waals surface area contributed by atoms with E-state index in [0.717, 1.165) is 12.8 Å². The van der Waals surface area contributed by atoms with Gasteiger partial charge < -0.3 is 18.8 Å². The second-order valence-electron chi connectivity index (χ2n) is 9.04. The minimum absolute atomic E-state index is 0.443. The zero-order chi connectivity index (χ0) is 21.3. The van der Waals surface area contributed by atoms with Crippen molar-refractivity contribution >= 4 is 7.82 Å². The molecule has 0 aliphatic carbocycles. The normalized spacial score (nSPS) is 15.8. The van der Waals surface area contributed by atoms with Crippen LogP contribution in [0.15, 0.2) is 12.2 Å². The minimum atomic E-state index is -4.66. The zero-order valence-corrected chi connectivity index (χ0v) is 19.8. The number of likely N-dealkylation sites (N-methyl/N-ethyl adjacent to an activating group) is 1. The number of phosphoric acid groups is 1. The SMILES string of the molecule is CCCCCC/C=C\CCCCCCCCCC(C[N+](C)(C)C)OP(=O)([O-])O. The highest BCUT2D eigenvalue weighted by Gasteiger charge is 2.22. The molecule has 0 amide bonds. The molecule has 28 heavy (non-hydrogen) atoms. The quantitative estimate of drug-likeness (QED) is 0.128. The molecule has 0 saturated carbocycles. The second kappa shape index (κ2) is 16.6. The van der Waals surface area contributed by atoms with Gasteiger partial charge in [0.1, 0.15) is 12.6 Å². The van der Waals surface area contributed by atoms with E-state index in [4.69, 9.17) is 9.42 Å². The molecular formula is C22H46NO4P. The summed E-state index contributed by atoms with van der Waals surface area (Å²) in [5.41, 5.74) is 0. The number of phosphoric ester groups is 1. The third-order valence-electron chi connectivity index (χ3n) is 4.82. The Morgan fingerprint density at radius 1 is 0.893 bits per heavy atom. The van der Waals surface area contributed by atoms with Gasteiger partial charge in [-0.05, 0) is 32.1 Å². The Balaban J connectivity index is 3.62. The Morgan fingerprint density at radius 2 is 1.36 bits per heavy atom. The van der Waals surface area contributed by atoms with Crippen LogP contribution in [0.5, 0.6) is 0 Å². The number of unbranched alkanes of at least 4 members (excludes halogenated alkanes) is 11. The van der Waals surface area contributed by atoms with Crippen LogP contribution in [-0.4, -0.2) is 43.2 Å². The van der Waals surface area contributed by atoms with Gasteiger partial charge >= 0.3 is 0 Å². The molecule has 0 aromatic heterocycles. The average molecular weight is 420 g/mol. The van der Waals surface area contributed by atoms with E-state index in [1.165, 1.54) is 70.6 Å².